The van der Waals surface area contributed by atoms with Gasteiger partial charge in [0.05, 0.1) is 33.5 Å². The smallest absolute Gasteiger partial charge is 0.368 e. The number of nitrogens with one attached hydrogen (secondary N) is 1. The van der Waals surface area contributed by atoms with Gasteiger partial charge in [0.25, 0.3) is 0 Å². The zero-order valence-corrected chi connectivity index (χ0v) is 20.8. The van der Waals surface area contributed by atoms with Crippen LogP contribution in [0.1, 0.15) is 19.4 Å². The topological polar surface area (TPSA) is 120 Å². The number of pyridine rings is 1. The second-order valence-electron chi connectivity index (χ2n) is 8.70. The zero-order valence-electron chi connectivity index (χ0n) is 20.0. The van der Waals surface area contributed by atoms with Crippen molar-refractivity contribution in [3.63, 3.8) is 0 Å². The lowest BCUT2D eigenvalue weighted by molar-refractivity contribution is -0.137. The van der Waals surface area contributed by atoms with Crippen LogP contribution in [0.5, 0.6) is 0 Å². The van der Waals surface area contributed by atoms with Crippen LogP contribution >= 0.6 is 0 Å². The zero-order chi connectivity index (χ0) is 27.4. The number of rotatable bonds is 5. The summed E-state index contributed by atoms with van der Waals surface area (Å²) in [6.07, 6.45) is -4.84. The van der Waals surface area contributed by atoms with E-state index in [-0.39, 0.29) is 40.0 Å². The van der Waals surface area contributed by atoms with Gasteiger partial charge in [0.2, 0.25) is 16.0 Å². The fraction of sp³-hybridized carbons (Fsp3) is 0.160. The number of hydrogen-bond acceptors (Lipinski definition) is 6. The highest BCUT2D eigenvalue weighted by Gasteiger charge is 2.36. The van der Waals surface area contributed by atoms with Gasteiger partial charge in [-0.1, -0.05) is 36.4 Å². The molecule has 13 heteroatoms. The summed E-state index contributed by atoms with van der Waals surface area (Å²) >= 11 is 0. The number of aromatic nitrogens is 5. The molecule has 2 aromatic carbocycles. The Kier molecular flexibility index (Phi) is 5.97. The number of halogens is 4. The molecule has 0 radical (unpaired) electrons. The summed E-state index contributed by atoms with van der Waals surface area (Å²) in [4.78, 5) is 15.7. The van der Waals surface area contributed by atoms with E-state index in [9.17, 15) is 26.0 Å². The van der Waals surface area contributed by atoms with Gasteiger partial charge in [-0.2, -0.15) is 17.1 Å². The molecule has 0 aliphatic carbocycles. The van der Waals surface area contributed by atoms with Crippen LogP contribution in [-0.2, 0) is 16.2 Å². The van der Waals surface area contributed by atoms with Crippen LogP contribution in [0.15, 0.2) is 60.7 Å². The average molecular weight is 545 g/mol. The van der Waals surface area contributed by atoms with E-state index in [1.165, 1.54) is 26.0 Å². The molecule has 0 saturated heterocycles. The third-order valence-corrected chi connectivity index (χ3v) is 7.96. The van der Waals surface area contributed by atoms with Gasteiger partial charge in [-0.05, 0) is 38.1 Å². The second kappa shape index (κ2) is 8.94. The molecule has 0 aliphatic heterocycles. The molecule has 196 valence electrons. The van der Waals surface area contributed by atoms with Gasteiger partial charge in [-0.15, -0.1) is 0 Å². The number of nitrogen functional groups attached to an aromatic ring is 1. The summed E-state index contributed by atoms with van der Waals surface area (Å²) in [7, 11) is -3.95. The standard InChI is InChI=1S/C25H20F4N6O2S/c1-13(2)38(36,37)35-23-18(32-24(35)30)12-11-17(31-23)21-20(14-7-4-3-5-8-14)33-22(34-21)19-15(25(27,28)29)9-6-10-16(19)26/h3-13H,1-2H3,(H2,30,32)(H,33,34). The lowest BCUT2D eigenvalue weighted by Gasteiger charge is -2.11. The quantitative estimate of drug-likeness (QED) is 0.283. The highest BCUT2D eigenvalue weighted by atomic mass is 32.2. The van der Waals surface area contributed by atoms with Crippen molar-refractivity contribution in [2.75, 3.05) is 5.73 Å². The number of benzene rings is 2. The Morgan fingerprint density at radius 1 is 0.947 bits per heavy atom. The van der Waals surface area contributed by atoms with Crippen molar-refractivity contribution >= 4 is 27.1 Å². The number of alkyl halides is 3. The van der Waals surface area contributed by atoms with Crippen molar-refractivity contribution in [2.45, 2.75) is 25.3 Å². The van der Waals surface area contributed by atoms with E-state index in [1.54, 1.807) is 30.3 Å². The molecule has 0 atom stereocenters. The number of fused-ring (bicyclic) bond motifs is 1. The molecule has 8 nitrogen and oxygen atoms in total. The molecule has 0 amide bonds. The summed E-state index contributed by atoms with van der Waals surface area (Å²) in [5, 5.41) is -0.840. The summed E-state index contributed by atoms with van der Waals surface area (Å²) in [5.41, 5.74) is 5.08. The third-order valence-electron chi connectivity index (χ3n) is 5.90. The molecule has 0 saturated carbocycles. The minimum absolute atomic E-state index is 0.0641. The van der Waals surface area contributed by atoms with Crippen LogP contribution in [0.25, 0.3) is 45.2 Å². The highest BCUT2D eigenvalue weighted by Crippen LogP contribution is 2.40. The van der Waals surface area contributed by atoms with Crippen molar-refractivity contribution in [2.24, 2.45) is 0 Å². The van der Waals surface area contributed by atoms with Gasteiger partial charge in [0, 0.05) is 5.56 Å². The number of nitrogens with two attached hydrogens (primary N) is 1. The highest BCUT2D eigenvalue weighted by molar-refractivity contribution is 7.90. The first-order valence-electron chi connectivity index (χ1n) is 11.3. The van der Waals surface area contributed by atoms with Crippen molar-refractivity contribution in [1.82, 2.24) is 23.9 Å². The van der Waals surface area contributed by atoms with E-state index >= 15 is 0 Å². The summed E-state index contributed by atoms with van der Waals surface area (Å²) in [6.45, 7) is 2.96. The normalized spacial score (nSPS) is 12.5. The molecular formula is C25H20F4N6O2S. The molecule has 5 aromatic rings. The van der Waals surface area contributed by atoms with Crippen molar-refractivity contribution in [3.05, 3.63) is 72.0 Å². The predicted molar refractivity (Wildman–Crippen MR) is 135 cm³/mol. The first-order chi connectivity index (χ1) is 17.9. The first kappa shape index (κ1) is 25.4. The Hall–Kier alpha value is -4.26. The molecule has 38 heavy (non-hydrogen) atoms. The van der Waals surface area contributed by atoms with Crippen LogP contribution in [0.3, 0.4) is 0 Å². The van der Waals surface area contributed by atoms with E-state index in [2.05, 4.69) is 19.9 Å². The lowest BCUT2D eigenvalue weighted by atomic mass is 10.1. The number of H-pyrrole nitrogens is 1. The van der Waals surface area contributed by atoms with Gasteiger partial charge in [-0.25, -0.2) is 27.8 Å². The largest absolute Gasteiger partial charge is 0.417 e. The molecule has 0 unspecified atom stereocenters. The van der Waals surface area contributed by atoms with Crippen LogP contribution in [0.4, 0.5) is 23.5 Å². The van der Waals surface area contributed by atoms with Crippen molar-refractivity contribution < 1.29 is 26.0 Å². The van der Waals surface area contributed by atoms with E-state index in [1.807, 2.05) is 0 Å². The number of anilines is 1. The number of nitrogens with zero attached hydrogens (tertiary/aromatic N) is 4. The average Bonchev–Trinajstić information content (AvgIpc) is 3.44. The first-order valence-corrected chi connectivity index (χ1v) is 12.8. The van der Waals surface area contributed by atoms with Gasteiger partial charge in [0.15, 0.2) is 5.65 Å². The summed E-state index contributed by atoms with van der Waals surface area (Å²) in [6, 6.07) is 14.2. The number of aromatic amines is 1. The van der Waals surface area contributed by atoms with Crippen LogP contribution in [0.2, 0.25) is 0 Å². The van der Waals surface area contributed by atoms with E-state index in [0.717, 1.165) is 22.2 Å². The third kappa shape index (κ3) is 4.18. The van der Waals surface area contributed by atoms with E-state index in [0.29, 0.717) is 5.56 Å². The van der Waals surface area contributed by atoms with Crippen LogP contribution < -0.4 is 5.73 Å². The predicted octanol–water partition coefficient (Wildman–Crippen LogP) is 5.48. The van der Waals surface area contributed by atoms with E-state index in [4.69, 9.17) is 5.73 Å². The Bertz CT molecular complexity index is 1780. The molecule has 0 spiro atoms. The lowest BCUT2D eigenvalue weighted by Crippen LogP contribution is -2.24. The SMILES string of the molecule is CC(C)S(=O)(=O)n1c(N)nc2ccc(-c3[nH]c(-c4c(F)cccc4C(F)(F)F)nc3-c3ccccc3)nc21. The fourth-order valence-electron chi connectivity index (χ4n) is 4.04. The number of imidazole rings is 2. The van der Waals surface area contributed by atoms with Crippen LogP contribution in [-0.4, -0.2) is 37.6 Å². The minimum atomic E-state index is -4.84. The second-order valence-corrected chi connectivity index (χ2v) is 11.0. The molecule has 0 aliphatic rings. The van der Waals surface area contributed by atoms with E-state index < -0.39 is 38.4 Å². The Morgan fingerprint density at radius 2 is 1.66 bits per heavy atom. The summed E-state index contributed by atoms with van der Waals surface area (Å²) in [5.74, 6) is -1.76. The van der Waals surface area contributed by atoms with Gasteiger partial charge < -0.3 is 10.7 Å². The van der Waals surface area contributed by atoms with Gasteiger partial charge in [-0.3, -0.25) is 0 Å². The molecule has 5 rings (SSSR count). The van der Waals surface area contributed by atoms with Crippen molar-refractivity contribution in [1.29, 1.82) is 0 Å². The number of hydrogen-bond donors (Lipinski definition) is 2. The maximum absolute atomic E-state index is 14.8. The Labute approximate surface area is 214 Å². The molecule has 3 heterocycles. The van der Waals surface area contributed by atoms with Crippen molar-refractivity contribution in [3.8, 4) is 34.0 Å². The van der Waals surface area contributed by atoms with Crippen LogP contribution in [0, 0.1) is 5.82 Å². The molecule has 0 bridgehead atoms. The molecule has 0 fully saturated rings. The molecular weight excluding hydrogens is 524 g/mol. The molecule has 3 N–H and O–H groups in total. The Morgan fingerprint density at radius 3 is 2.32 bits per heavy atom. The maximum atomic E-state index is 14.8. The summed E-state index contributed by atoms with van der Waals surface area (Å²) < 4.78 is 82.9. The van der Waals surface area contributed by atoms with Gasteiger partial charge in [0.1, 0.15) is 17.2 Å². The minimum Gasteiger partial charge on any atom is -0.368 e. The van der Waals surface area contributed by atoms with Gasteiger partial charge >= 0.3 is 6.18 Å². The maximum Gasteiger partial charge on any atom is 0.417 e. The fourth-order valence-corrected chi connectivity index (χ4v) is 5.14. The Balaban J connectivity index is 1.80. The molecule has 3 aromatic heterocycles. The monoisotopic (exact) mass is 544 g/mol.